The number of aromatic nitrogens is 1. The average Bonchev–Trinajstić information content (AvgIpc) is 2.85. The second-order valence-corrected chi connectivity index (χ2v) is 4.36. The number of hydrogen-bond donors (Lipinski definition) is 1. The van der Waals surface area contributed by atoms with E-state index in [0.717, 1.165) is 29.7 Å². The van der Waals surface area contributed by atoms with E-state index in [1.165, 1.54) is 6.26 Å². The maximum absolute atomic E-state index is 12.1. The zero-order chi connectivity index (χ0) is 13.8. The van der Waals surface area contributed by atoms with Crippen molar-refractivity contribution in [2.24, 2.45) is 0 Å². The fourth-order valence-corrected chi connectivity index (χ4v) is 2.05. The predicted octanol–water partition coefficient (Wildman–Crippen LogP) is 3.36. The maximum atomic E-state index is 12.1. The Kier molecular flexibility index (Phi) is 4.00. The van der Waals surface area contributed by atoms with Crippen LogP contribution in [0, 0.1) is 6.92 Å². The lowest BCUT2D eigenvalue weighted by molar-refractivity contribution is 0.102. The Morgan fingerprint density at radius 3 is 2.37 bits per heavy atom. The first-order valence-electron chi connectivity index (χ1n) is 6.50. The van der Waals surface area contributed by atoms with Crippen LogP contribution in [0.3, 0.4) is 0 Å². The van der Waals surface area contributed by atoms with Crippen molar-refractivity contribution in [3.63, 3.8) is 0 Å². The molecule has 0 aliphatic rings. The second kappa shape index (κ2) is 5.69. The molecule has 0 aliphatic carbocycles. The summed E-state index contributed by atoms with van der Waals surface area (Å²) in [5.41, 5.74) is 3.48. The first-order chi connectivity index (χ1) is 9.15. The largest absolute Gasteiger partial charge is 0.448 e. The molecule has 0 radical (unpaired) electrons. The van der Waals surface area contributed by atoms with Crippen molar-refractivity contribution in [3.05, 3.63) is 47.2 Å². The standard InChI is InChI=1S/C15H18N2O2/c1-4-11-7-6-8-12(5-2)14(11)17-15(18)13-9-19-10(3)16-13/h6-9H,4-5H2,1-3H3,(H,17,18). The molecule has 4 nitrogen and oxygen atoms in total. The van der Waals surface area contributed by atoms with Gasteiger partial charge in [0.05, 0.1) is 0 Å². The third-order valence-electron chi connectivity index (χ3n) is 3.09. The van der Waals surface area contributed by atoms with Gasteiger partial charge in [0.25, 0.3) is 5.91 Å². The first-order valence-corrected chi connectivity index (χ1v) is 6.50. The predicted molar refractivity (Wildman–Crippen MR) is 74.4 cm³/mol. The van der Waals surface area contributed by atoms with Gasteiger partial charge in [-0.15, -0.1) is 0 Å². The molecule has 0 unspecified atom stereocenters. The molecule has 0 aliphatic heterocycles. The minimum absolute atomic E-state index is 0.229. The fourth-order valence-electron chi connectivity index (χ4n) is 2.05. The number of amides is 1. The molecule has 4 heteroatoms. The van der Waals surface area contributed by atoms with Crippen molar-refractivity contribution in [2.75, 3.05) is 5.32 Å². The molecule has 0 bridgehead atoms. The minimum atomic E-state index is -0.229. The highest BCUT2D eigenvalue weighted by molar-refractivity contribution is 6.03. The number of oxazole rings is 1. The van der Waals surface area contributed by atoms with Gasteiger partial charge in [0, 0.05) is 12.6 Å². The maximum Gasteiger partial charge on any atom is 0.277 e. The molecular formula is C15H18N2O2. The Hall–Kier alpha value is -2.10. The first kappa shape index (κ1) is 13.3. The SMILES string of the molecule is CCc1cccc(CC)c1NC(=O)c1coc(C)n1. The Labute approximate surface area is 112 Å². The van der Waals surface area contributed by atoms with E-state index in [-0.39, 0.29) is 5.91 Å². The van der Waals surface area contributed by atoms with Gasteiger partial charge in [0.2, 0.25) is 0 Å². The summed E-state index contributed by atoms with van der Waals surface area (Å²) in [4.78, 5) is 16.2. The Morgan fingerprint density at radius 1 is 1.26 bits per heavy atom. The van der Waals surface area contributed by atoms with Crippen LogP contribution in [0.15, 0.2) is 28.9 Å². The molecule has 0 saturated carbocycles. The number of carbonyl (C=O) groups is 1. The van der Waals surface area contributed by atoms with E-state index in [2.05, 4.69) is 24.1 Å². The van der Waals surface area contributed by atoms with E-state index in [1.807, 2.05) is 18.2 Å². The van der Waals surface area contributed by atoms with Crippen molar-refractivity contribution in [2.45, 2.75) is 33.6 Å². The zero-order valence-electron chi connectivity index (χ0n) is 11.5. The van der Waals surface area contributed by atoms with Crippen LogP contribution in [0.25, 0.3) is 0 Å². The highest BCUT2D eigenvalue weighted by Gasteiger charge is 2.14. The van der Waals surface area contributed by atoms with Crippen LogP contribution in [-0.4, -0.2) is 10.9 Å². The Bertz CT molecular complexity index is 565. The molecule has 2 aromatic rings. The number of carbonyl (C=O) groups excluding carboxylic acids is 1. The third-order valence-corrected chi connectivity index (χ3v) is 3.09. The second-order valence-electron chi connectivity index (χ2n) is 4.36. The van der Waals surface area contributed by atoms with Crippen molar-refractivity contribution >= 4 is 11.6 Å². The molecule has 0 spiro atoms. The van der Waals surface area contributed by atoms with Crippen molar-refractivity contribution in [3.8, 4) is 0 Å². The van der Waals surface area contributed by atoms with Gasteiger partial charge in [-0.1, -0.05) is 32.0 Å². The number of nitrogens with one attached hydrogen (secondary N) is 1. The molecule has 1 heterocycles. The molecule has 0 atom stereocenters. The number of benzene rings is 1. The number of rotatable bonds is 4. The Balaban J connectivity index is 2.30. The molecular weight excluding hydrogens is 240 g/mol. The summed E-state index contributed by atoms with van der Waals surface area (Å²) >= 11 is 0. The van der Waals surface area contributed by atoms with Crippen molar-refractivity contribution < 1.29 is 9.21 Å². The van der Waals surface area contributed by atoms with Crippen LogP contribution < -0.4 is 5.32 Å². The molecule has 1 amide bonds. The lowest BCUT2D eigenvalue weighted by Gasteiger charge is -2.13. The van der Waals surface area contributed by atoms with Crippen LogP contribution in [-0.2, 0) is 12.8 Å². The molecule has 1 aromatic carbocycles. The summed E-state index contributed by atoms with van der Waals surface area (Å²) in [6.45, 7) is 5.86. The molecule has 100 valence electrons. The third kappa shape index (κ3) is 2.84. The summed E-state index contributed by atoms with van der Waals surface area (Å²) in [7, 11) is 0. The van der Waals surface area contributed by atoms with E-state index >= 15 is 0 Å². The molecule has 1 aromatic heterocycles. The fraction of sp³-hybridized carbons (Fsp3) is 0.333. The lowest BCUT2D eigenvalue weighted by Crippen LogP contribution is -2.15. The van der Waals surface area contributed by atoms with E-state index < -0.39 is 0 Å². The minimum Gasteiger partial charge on any atom is -0.448 e. The monoisotopic (exact) mass is 258 g/mol. The van der Waals surface area contributed by atoms with Gasteiger partial charge in [0.1, 0.15) is 6.26 Å². The van der Waals surface area contributed by atoms with Gasteiger partial charge in [0.15, 0.2) is 11.6 Å². The van der Waals surface area contributed by atoms with Gasteiger partial charge in [-0.25, -0.2) is 4.98 Å². The quantitative estimate of drug-likeness (QED) is 0.914. The van der Waals surface area contributed by atoms with Crippen molar-refractivity contribution in [1.82, 2.24) is 4.98 Å². The van der Waals surface area contributed by atoms with E-state index in [9.17, 15) is 4.79 Å². The average molecular weight is 258 g/mol. The van der Waals surface area contributed by atoms with Gasteiger partial charge in [-0.2, -0.15) is 0 Å². The number of aryl methyl sites for hydroxylation is 3. The van der Waals surface area contributed by atoms with E-state index in [4.69, 9.17) is 4.42 Å². The number of anilines is 1. The summed E-state index contributed by atoms with van der Waals surface area (Å²) in [6.07, 6.45) is 3.13. The van der Waals surface area contributed by atoms with Gasteiger partial charge in [-0.3, -0.25) is 4.79 Å². The van der Waals surface area contributed by atoms with Crippen LogP contribution in [0.2, 0.25) is 0 Å². The van der Waals surface area contributed by atoms with Crippen LogP contribution in [0.5, 0.6) is 0 Å². The number of hydrogen-bond acceptors (Lipinski definition) is 3. The number of para-hydroxylation sites is 1. The summed E-state index contributed by atoms with van der Waals surface area (Å²) in [5.74, 6) is 0.261. The Morgan fingerprint density at radius 2 is 1.89 bits per heavy atom. The number of nitrogens with zero attached hydrogens (tertiary/aromatic N) is 1. The topological polar surface area (TPSA) is 55.1 Å². The summed E-state index contributed by atoms with van der Waals surface area (Å²) in [5, 5.41) is 2.95. The molecule has 0 saturated heterocycles. The van der Waals surface area contributed by atoms with E-state index in [0.29, 0.717) is 11.6 Å². The molecule has 1 N–H and O–H groups in total. The highest BCUT2D eigenvalue weighted by Crippen LogP contribution is 2.23. The molecule has 19 heavy (non-hydrogen) atoms. The van der Waals surface area contributed by atoms with Crippen LogP contribution in [0.1, 0.15) is 41.4 Å². The summed E-state index contributed by atoms with van der Waals surface area (Å²) in [6, 6.07) is 6.08. The molecule has 0 fully saturated rings. The highest BCUT2D eigenvalue weighted by atomic mass is 16.3. The van der Waals surface area contributed by atoms with Crippen molar-refractivity contribution in [1.29, 1.82) is 0 Å². The van der Waals surface area contributed by atoms with Gasteiger partial charge < -0.3 is 9.73 Å². The van der Waals surface area contributed by atoms with Gasteiger partial charge >= 0.3 is 0 Å². The molecule has 2 rings (SSSR count). The van der Waals surface area contributed by atoms with Crippen LogP contribution >= 0.6 is 0 Å². The summed E-state index contributed by atoms with van der Waals surface area (Å²) < 4.78 is 5.06. The van der Waals surface area contributed by atoms with E-state index in [1.54, 1.807) is 6.92 Å². The van der Waals surface area contributed by atoms with Crippen LogP contribution in [0.4, 0.5) is 5.69 Å². The zero-order valence-corrected chi connectivity index (χ0v) is 11.5. The normalized spacial score (nSPS) is 10.5. The lowest BCUT2D eigenvalue weighted by atomic mass is 10.0. The smallest absolute Gasteiger partial charge is 0.277 e. The van der Waals surface area contributed by atoms with Gasteiger partial charge in [-0.05, 0) is 24.0 Å².